The number of nitrogens with zero attached hydrogens (tertiary/aromatic N) is 3. The fourth-order valence-electron chi connectivity index (χ4n) is 3.34. The Labute approximate surface area is 126 Å². The van der Waals surface area contributed by atoms with Crippen molar-refractivity contribution in [3.63, 3.8) is 0 Å². The number of hydrogen-bond acceptors (Lipinski definition) is 3. The second kappa shape index (κ2) is 6.00. The molecule has 0 amide bonds. The van der Waals surface area contributed by atoms with Crippen LogP contribution in [0.4, 0.5) is 0 Å². The van der Waals surface area contributed by atoms with Crippen molar-refractivity contribution < 1.29 is 0 Å². The van der Waals surface area contributed by atoms with Gasteiger partial charge in [0.15, 0.2) is 0 Å². The maximum absolute atomic E-state index is 4.45. The lowest BCUT2D eigenvalue weighted by molar-refractivity contribution is 0.192. The first kappa shape index (κ1) is 14.3. The minimum atomic E-state index is 0.413. The lowest BCUT2D eigenvalue weighted by Crippen LogP contribution is -2.40. The van der Waals surface area contributed by atoms with Crippen LogP contribution in [-0.2, 0) is 20.0 Å². The topological polar surface area (TPSA) is 33.1 Å². The summed E-state index contributed by atoms with van der Waals surface area (Å²) in [5.74, 6) is 1.11. The Hall–Kier alpha value is -1.65. The maximum Gasteiger partial charge on any atom is 0.122 e. The van der Waals surface area contributed by atoms with E-state index >= 15 is 0 Å². The van der Waals surface area contributed by atoms with Gasteiger partial charge in [0.1, 0.15) is 5.82 Å². The molecule has 1 aromatic carbocycles. The summed E-state index contributed by atoms with van der Waals surface area (Å²) in [5.41, 5.74) is 2.93. The lowest BCUT2D eigenvalue weighted by atomic mass is 10.1. The van der Waals surface area contributed by atoms with Crippen molar-refractivity contribution in [2.75, 3.05) is 13.6 Å². The Kier molecular flexibility index (Phi) is 4.08. The fourth-order valence-corrected chi connectivity index (χ4v) is 3.34. The van der Waals surface area contributed by atoms with Gasteiger partial charge >= 0.3 is 0 Å². The van der Waals surface area contributed by atoms with Gasteiger partial charge in [-0.25, -0.2) is 4.98 Å². The van der Waals surface area contributed by atoms with Crippen LogP contribution in [0.25, 0.3) is 0 Å². The number of hydrogen-bond donors (Lipinski definition) is 1. The molecule has 1 aromatic heterocycles. The van der Waals surface area contributed by atoms with Crippen LogP contribution in [0.2, 0.25) is 0 Å². The van der Waals surface area contributed by atoms with Crippen molar-refractivity contribution in [1.29, 1.82) is 0 Å². The summed E-state index contributed by atoms with van der Waals surface area (Å²) in [6, 6.07) is 9.70. The predicted molar refractivity (Wildman–Crippen MR) is 85.0 cm³/mol. The zero-order valence-electron chi connectivity index (χ0n) is 13.1. The molecule has 1 aliphatic rings. The van der Waals surface area contributed by atoms with Gasteiger partial charge in [-0.2, -0.15) is 0 Å². The monoisotopic (exact) mass is 284 g/mol. The van der Waals surface area contributed by atoms with Gasteiger partial charge in [-0.05, 0) is 31.1 Å². The molecule has 0 bridgehead atoms. The molecule has 4 nitrogen and oxygen atoms in total. The van der Waals surface area contributed by atoms with E-state index in [0.717, 1.165) is 25.3 Å². The molecule has 1 N–H and O–H groups in total. The minimum absolute atomic E-state index is 0.413. The van der Waals surface area contributed by atoms with Crippen molar-refractivity contribution in [3.8, 4) is 0 Å². The third-order valence-electron chi connectivity index (χ3n) is 4.51. The number of nitrogens with one attached hydrogen (secondary N) is 1. The van der Waals surface area contributed by atoms with Crippen LogP contribution in [-0.4, -0.2) is 34.1 Å². The summed E-state index contributed by atoms with van der Waals surface area (Å²) in [4.78, 5) is 6.87. The number of fused-ring (bicyclic) bond motifs is 1. The Bertz CT molecular complexity index is 604. The molecular formula is C17H24N4. The number of aromatic nitrogens is 2. The summed E-state index contributed by atoms with van der Waals surface area (Å²) < 4.78 is 2.10. The van der Waals surface area contributed by atoms with Gasteiger partial charge in [-0.15, -0.1) is 0 Å². The van der Waals surface area contributed by atoms with Gasteiger partial charge in [0.25, 0.3) is 0 Å². The Morgan fingerprint density at radius 3 is 2.90 bits per heavy atom. The van der Waals surface area contributed by atoms with Crippen molar-refractivity contribution >= 4 is 0 Å². The molecule has 3 rings (SSSR count). The predicted octanol–water partition coefficient (Wildman–Crippen LogP) is 2.13. The molecule has 1 aliphatic carbocycles. The molecule has 0 aliphatic heterocycles. The summed E-state index contributed by atoms with van der Waals surface area (Å²) in [6.45, 7) is 4.05. The van der Waals surface area contributed by atoms with E-state index in [-0.39, 0.29) is 0 Å². The second-order valence-electron chi connectivity index (χ2n) is 5.88. The smallest absolute Gasteiger partial charge is 0.122 e. The minimum Gasteiger partial charge on any atom is -0.337 e. The SMILES string of the molecule is CCNC1c2ccccc2CC1N(C)Cc1nccn1C. The Morgan fingerprint density at radius 2 is 2.19 bits per heavy atom. The number of rotatable bonds is 5. The van der Waals surface area contributed by atoms with Gasteiger partial charge in [0.05, 0.1) is 6.54 Å². The van der Waals surface area contributed by atoms with Crippen LogP contribution in [0.15, 0.2) is 36.7 Å². The average Bonchev–Trinajstić information content (AvgIpc) is 3.04. The summed E-state index contributed by atoms with van der Waals surface area (Å²) >= 11 is 0. The zero-order valence-corrected chi connectivity index (χ0v) is 13.1. The third-order valence-corrected chi connectivity index (χ3v) is 4.51. The average molecular weight is 284 g/mol. The zero-order chi connectivity index (χ0) is 14.8. The van der Waals surface area contributed by atoms with E-state index in [1.807, 2.05) is 12.4 Å². The quantitative estimate of drug-likeness (QED) is 0.913. The molecule has 2 unspecified atom stereocenters. The molecular weight excluding hydrogens is 260 g/mol. The molecule has 0 radical (unpaired) electrons. The van der Waals surface area contributed by atoms with E-state index in [1.54, 1.807) is 0 Å². The first-order valence-corrected chi connectivity index (χ1v) is 7.68. The maximum atomic E-state index is 4.45. The largest absolute Gasteiger partial charge is 0.337 e. The fraction of sp³-hybridized carbons (Fsp3) is 0.471. The van der Waals surface area contributed by atoms with Crippen LogP contribution in [0.5, 0.6) is 0 Å². The van der Waals surface area contributed by atoms with Crippen LogP contribution in [0.3, 0.4) is 0 Å². The molecule has 0 fully saturated rings. The number of imidazole rings is 1. The highest BCUT2D eigenvalue weighted by Crippen LogP contribution is 2.34. The van der Waals surface area contributed by atoms with Crippen molar-refractivity contribution in [3.05, 3.63) is 53.6 Å². The Balaban J connectivity index is 1.80. The van der Waals surface area contributed by atoms with E-state index < -0.39 is 0 Å². The van der Waals surface area contributed by atoms with Gasteiger partial charge in [0, 0.05) is 31.5 Å². The highest BCUT2D eigenvalue weighted by Gasteiger charge is 2.34. The number of likely N-dealkylation sites (N-methyl/N-ethyl adjacent to an activating group) is 2. The van der Waals surface area contributed by atoms with Crippen molar-refractivity contribution in [2.24, 2.45) is 7.05 Å². The third kappa shape index (κ3) is 2.74. The van der Waals surface area contributed by atoms with Crippen molar-refractivity contribution in [2.45, 2.75) is 32.0 Å². The molecule has 2 aromatic rings. The number of benzene rings is 1. The lowest BCUT2D eigenvalue weighted by Gasteiger charge is -2.30. The first-order chi connectivity index (χ1) is 10.2. The molecule has 112 valence electrons. The van der Waals surface area contributed by atoms with E-state index in [9.17, 15) is 0 Å². The van der Waals surface area contributed by atoms with Crippen LogP contribution in [0, 0.1) is 0 Å². The van der Waals surface area contributed by atoms with E-state index in [1.165, 1.54) is 11.1 Å². The van der Waals surface area contributed by atoms with Gasteiger partial charge in [-0.1, -0.05) is 31.2 Å². The second-order valence-corrected chi connectivity index (χ2v) is 5.88. The molecule has 0 spiro atoms. The van der Waals surface area contributed by atoms with E-state index in [2.05, 4.69) is 65.1 Å². The first-order valence-electron chi connectivity index (χ1n) is 7.68. The van der Waals surface area contributed by atoms with Gasteiger partial charge in [0.2, 0.25) is 0 Å². The number of aryl methyl sites for hydroxylation is 1. The van der Waals surface area contributed by atoms with Crippen molar-refractivity contribution in [1.82, 2.24) is 19.8 Å². The highest BCUT2D eigenvalue weighted by atomic mass is 15.2. The van der Waals surface area contributed by atoms with E-state index in [0.29, 0.717) is 12.1 Å². The standard InChI is InChI=1S/C17H24N4/c1-4-18-17-14-8-6-5-7-13(14)11-15(17)21(3)12-16-19-9-10-20(16)2/h5-10,15,17-18H,4,11-12H2,1-3H3. The molecule has 0 saturated carbocycles. The van der Waals surface area contributed by atoms with E-state index in [4.69, 9.17) is 0 Å². The highest BCUT2D eigenvalue weighted by molar-refractivity contribution is 5.37. The molecule has 0 saturated heterocycles. The van der Waals surface area contributed by atoms with Crippen LogP contribution < -0.4 is 5.32 Å². The Morgan fingerprint density at radius 1 is 1.38 bits per heavy atom. The molecule has 1 heterocycles. The van der Waals surface area contributed by atoms with Gasteiger partial charge in [-0.3, -0.25) is 4.90 Å². The summed E-state index contributed by atoms with van der Waals surface area (Å²) in [6.07, 6.45) is 4.98. The molecule has 2 atom stereocenters. The van der Waals surface area contributed by atoms with Crippen LogP contribution >= 0.6 is 0 Å². The molecule has 21 heavy (non-hydrogen) atoms. The van der Waals surface area contributed by atoms with Gasteiger partial charge < -0.3 is 9.88 Å². The summed E-state index contributed by atoms with van der Waals surface area (Å²) in [5, 5.41) is 3.66. The summed E-state index contributed by atoms with van der Waals surface area (Å²) in [7, 11) is 4.26. The molecule has 4 heteroatoms. The van der Waals surface area contributed by atoms with Crippen LogP contribution in [0.1, 0.15) is 29.9 Å². The normalized spacial score (nSPS) is 21.0.